The molecule has 0 aliphatic rings. The molecule has 6 aromatic rings. The lowest BCUT2D eigenvalue weighted by atomic mass is 10.1. The maximum absolute atomic E-state index is 12.3. The van der Waals surface area contributed by atoms with E-state index >= 15 is 0 Å². The topological polar surface area (TPSA) is 183 Å². The molecule has 0 aliphatic heterocycles. The molecule has 2 aromatic heterocycles. The normalized spacial score (nSPS) is 10.5. The maximum atomic E-state index is 12.3. The second kappa shape index (κ2) is 11.2. The summed E-state index contributed by atoms with van der Waals surface area (Å²) in [5.41, 5.74) is 1.74. The molecule has 0 unspecified atom stereocenters. The van der Waals surface area contributed by atoms with Crippen molar-refractivity contribution in [3.05, 3.63) is 95.3 Å². The van der Waals surface area contributed by atoms with Crippen LogP contribution in [0.3, 0.4) is 0 Å². The molecule has 6 rings (SSSR count). The molecule has 0 atom stereocenters. The molecule has 0 aliphatic carbocycles. The monoisotopic (exact) mass is 576 g/mol. The van der Waals surface area contributed by atoms with Crippen molar-refractivity contribution in [1.82, 2.24) is 0 Å². The van der Waals surface area contributed by atoms with E-state index in [2.05, 4.69) is 0 Å². The van der Waals surface area contributed by atoms with E-state index in [1.54, 1.807) is 12.1 Å². The molecule has 7 N–H and O–H groups in total. The van der Waals surface area contributed by atoms with E-state index in [1.807, 2.05) is 0 Å². The molecule has 0 fully saturated rings. The SMILES string of the molecule is O=c1c(-c2ccc(O)cc2)coc2cc(O)ccc12.Oc1cc(O)c2cc(O)c(-c3ccc(O)c(O)c3)[o+]c2c1.[Cl-]. The molecule has 4 aromatic carbocycles. The van der Waals surface area contributed by atoms with Crippen LogP contribution in [-0.2, 0) is 0 Å². The molecule has 0 spiro atoms. The van der Waals surface area contributed by atoms with E-state index in [-0.39, 0.29) is 74.8 Å². The molecule has 10 nitrogen and oxygen atoms in total. The highest BCUT2D eigenvalue weighted by atomic mass is 35.5. The maximum Gasteiger partial charge on any atom is 0.402 e. The van der Waals surface area contributed by atoms with Gasteiger partial charge in [0.2, 0.25) is 5.75 Å². The third-order valence-electron chi connectivity index (χ3n) is 6.00. The third-order valence-corrected chi connectivity index (χ3v) is 6.00. The number of hydrogen-bond donors (Lipinski definition) is 7. The molecule has 11 heteroatoms. The number of rotatable bonds is 2. The first-order valence-corrected chi connectivity index (χ1v) is 11.7. The molecule has 208 valence electrons. The Morgan fingerprint density at radius 1 is 0.561 bits per heavy atom. The minimum atomic E-state index is -0.360. The van der Waals surface area contributed by atoms with Crippen LogP contribution >= 0.6 is 0 Å². The third kappa shape index (κ3) is 5.72. The summed E-state index contributed by atoms with van der Waals surface area (Å²) >= 11 is 0. The van der Waals surface area contributed by atoms with Gasteiger partial charge >= 0.3 is 11.3 Å². The van der Waals surface area contributed by atoms with Gasteiger partial charge in [-0.1, -0.05) is 12.1 Å². The van der Waals surface area contributed by atoms with Crippen LogP contribution in [0.15, 0.2) is 98.8 Å². The summed E-state index contributed by atoms with van der Waals surface area (Å²) < 4.78 is 10.8. The fourth-order valence-electron chi connectivity index (χ4n) is 4.02. The van der Waals surface area contributed by atoms with E-state index < -0.39 is 0 Å². The zero-order valence-electron chi connectivity index (χ0n) is 20.8. The van der Waals surface area contributed by atoms with E-state index in [1.165, 1.54) is 66.9 Å². The Labute approximate surface area is 236 Å². The Morgan fingerprint density at radius 2 is 1.24 bits per heavy atom. The van der Waals surface area contributed by atoms with Crippen molar-refractivity contribution in [1.29, 1.82) is 0 Å². The predicted molar refractivity (Wildman–Crippen MR) is 146 cm³/mol. The van der Waals surface area contributed by atoms with Gasteiger partial charge in [0.15, 0.2) is 16.9 Å². The molecule has 41 heavy (non-hydrogen) atoms. The molecule has 0 bridgehead atoms. The Kier molecular flexibility index (Phi) is 7.79. The zero-order chi connectivity index (χ0) is 28.6. The van der Waals surface area contributed by atoms with Crippen LogP contribution in [-0.4, -0.2) is 35.7 Å². The van der Waals surface area contributed by atoms with Crippen molar-refractivity contribution < 1.29 is 57.0 Å². The van der Waals surface area contributed by atoms with Gasteiger partial charge in [-0.25, -0.2) is 4.42 Å². The van der Waals surface area contributed by atoms with Crippen LogP contribution in [0.4, 0.5) is 0 Å². The lowest BCUT2D eigenvalue weighted by Crippen LogP contribution is -3.00. The average molecular weight is 577 g/mol. The Morgan fingerprint density at radius 3 is 1.95 bits per heavy atom. The number of phenolic OH excluding ortho intramolecular Hbond substituents is 6. The summed E-state index contributed by atoms with van der Waals surface area (Å²) in [4.78, 5) is 12.3. The first-order valence-electron chi connectivity index (χ1n) is 11.7. The van der Waals surface area contributed by atoms with Gasteiger partial charge in [-0.3, -0.25) is 4.79 Å². The summed E-state index contributed by atoms with van der Waals surface area (Å²) in [7, 11) is 0. The number of halogens is 1. The largest absolute Gasteiger partial charge is 1.00 e. The van der Waals surface area contributed by atoms with Crippen molar-refractivity contribution in [3.63, 3.8) is 0 Å². The second-order valence-electron chi connectivity index (χ2n) is 8.75. The standard InChI is InChI=1S/C15H10O6.C15H10O4.ClH/c16-8-4-11(18)9-6-13(20)15(21-14(9)5-8)7-1-2-10(17)12(19)3-7;16-10-3-1-9(2-4-10)13-8-19-14-7-11(17)5-6-12(14)15(13)18;/h1-6H,(H4-,16,17,18,19,20);1-8,16-17H;1H. The van der Waals surface area contributed by atoms with Gasteiger partial charge in [0.1, 0.15) is 40.2 Å². The van der Waals surface area contributed by atoms with Gasteiger partial charge < -0.3 is 52.6 Å². The van der Waals surface area contributed by atoms with Crippen LogP contribution in [0.2, 0.25) is 0 Å². The van der Waals surface area contributed by atoms with Crippen molar-refractivity contribution in [2.45, 2.75) is 0 Å². The van der Waals surface area contributed by atoms with Crippen LogP contribution in [0.25, 0.3) is 44.4 Å². The number of aromatic hydroxyl groups is 7. The van der Waals surface area contributed by atoms with Crippen molar-refractivity contribution >= 4 is 21.9 Å². The predicted octanol–water partition coefficient (Wildman–Crippen LogP) is 2.78. The smallest absolute Gasteiger partial charge is 0.402 e. The molecule has 0 radical (unpaired) electrons. The van der Waals surface area contributed by atoms with Crippen LogP contribution in [0.1, 0.15) is 0 Å². The fraction of sp³-hybridized carbons (Fsp3) is 0. The average Bonchev–Trinajstić information content (AvgIpc) is 2.92. The quantitative estimate of drug-likeness (QED) is 0.119. The Balaban J connectivity index is 0.000000185. The van der Waals surface area contributed by atoms with Crippen LogP contribution < -0.4 is 17.8 Å². The van der Waals surface area contributed by atoms with E-state index in [9.17, 15) is 40.5 Å². The van der Waals surface area contributed by atoms with Gasteiger partial charge in [0.05, 0.1) is 22.6 Å². The van der Waals surface area contributed by atoms with Crippen molar-refractivity contribution in [3.8, 4) is 62.7 Å². The summed E-state index contributed by atoms with van der Waals surface area (Å²) in [5.74, 6) is -1.11. The van der Waals surface area contributed by atoms with Crippen molar-refractivity contribution in [2.75, 3.05) is 0 Å². The van der Waals surface area contributed by atoms with Gasteiger partial charge in [-0.05, 0) is 42.0 Å². The van der Waals surface area contributed by atoms with Gasteiger partial charge in [0, 0.05) is 24.3 Å². The highest BCUT2D eigenvalue weighted by molar-refractivity contribution is 5.88. The highest BCUT2D eigenvalue weighted by Crippen LogP contribution is 2.40. The zero-order valence-corrected chi connectivity index (χ0v) is 21.6. The molecule has 0 saturated heterocycles. The van der Waals surface area contributed by atoms with Crippen LogP contribution in [0.5, 0.6) is 40.2 Å². The lowest BCUT2D eigenvalue weighted by Gasteiger charge is -2.03. The summed E-state index contributed by atoms with van der Waals surface area (Å²) in [6, 6.07) is 18.3. The summed E-state index contributed by atoms with van der Waals surface area (Å²) in [5, 5.41) is 67.2. The number of benzene rings is 4. The first kappa shape index (κ1) is 28.4. The van der Waals surface area contributed by atoms with E-state index in [0.717, 1.165) is 6.07 Å². The molecular formula is C30H21ClO10. The number of phenols is 6. The number of hydrogen-bond acceptors (Lipinski definition) is 9. The Bertz CT molecular complexity index is 1950. The fourth-order valence-corrected chi connectivity index (χ4v) is 4.02. The highest BCUT2D eigenvalue weighted by Gasteiger charge is 2.24. The molecule has 2 heterocycles. The minimum Gasteiger partial charge on any atom is -1.00 e. The molecular weight excluding hydrogens is 556 g/mol. The second-order valence-corrected chi connectivity index (χ2v) is 8.75. The Hall–Kier alpha value is -5.61. The van der Waals surface area contributed by atoms with E-state index in [4.69, 9.17) is 8.83 Å². The lowest BCUT2D eigenvalue weighted by molar-refractivity contribution is -0.0000156. The van der Waals surface area contributed by atoms with Crippen LogP contribution in [0, 0.1) is 0 Å². The van der Waals surface area contributed by atoms with Gasteiger partial charge in [-0.2, -0.15) is 0 Å². The minimum absolute atomic E-state index is 0. The first-order chi connectivity index (χ1) is 19.1. The molecule has 0 amide bonds. The van der Waals surface area contributed by atoms with Gasteiger partial charge in [-0.15, -0.1) is 0 Å². The summed E-state index contributed by atoms with van der Waals surface area (Å²) in [6.07, 6.45) is 1.36. The number of fused-ring (bicyclic) bond motifs is 2. The van der Waals surface area contributed by atoms with Crippen molar-refractivity contribution in [2.24, 2.45) is 0 Å². The molecule has 0 saturated carbocycles. The van der Waals surface area contributed by atoms with E-state index in [0.29, 0.717) is 27.7 Å². The summed E-state index contributed by atoms with van der Waals surface area (Å²) in [6.45, 7) is 0. The van der Waals surface area contributed by atoms with Gasteiger partial charge in [0.25, 0.3) is 0 Å².